The third-order valence-electron chi connectivity index (χ3n) is 1.21. The smallest absolute Gasteiger partial charge is 0.147 e. The maximum Gasteiger partial charge on any atom is 0.147 e. The molecule has 0 aliphatic rings. The normalized spacial score (nSPS) is 11.9. The topological polar surface area (TPSA) is 20.3 Å². The van der Waals surface area contributed by atoms with Crippen LogP contribution in [0.25, 0.3) is 0 Å². The Kier molecular flexibility index (Phi) is 3.77. The fourth-order valence-corrected chi connectivity index (χ4v) is 0.614. The maximum absolute atomic E-state index is 10.4. The van der Waals surface area contributed by atoms with Crippen molar-refractivity contribution in [2.75, 3.05) is 14.1 Å². The Balaban J connectivity index is 4.18. The fourth-order valence-electron chi connectivity index (χ4n) is 0.614. The van der Waals surface area contributed by atoms with Crippen LogP contribution in [-0.2, 0) is 4.79 Å². The monoisotopic (exact) mass is 141 g/mol. The minimum absolute atomic E-state index is 0.319. The molecule has 10 heavy (non-hydrogen) atoms. The van der Waals surface area contributed by atoms with Crippen LogP contribution in [0, 0.1) is 5.92 Å². The molecule has 2 nitrogen and oxygen atoms in total. The van der Waals surface area contributed by atoms with Gasteiger partial charge < -0.3 is 4.90 Å². The molecule has 0 aromatic heterocycles. The van der Waals surface area contributed by atoms with E-state index in [2.05, 4.69) is 0 Å². The highest BCUT2D eigenvalue weighted by molar-refractivity contribution is 5.73. The van der Waals surface area contributed by atoms with Crippen molar-refractivity contribution in [3.05, 3.63) is 11.8 Å². The lowest BCUT2D eigenvalue weighted by Crippen LogP contribution is -2.06. The molecule has 0 spiro atoms. The second-order valence-corrected chi connectivity index (χ2v) is 2.87. The Morgan fingerprint density at radius 2 is 1.90 bits per heavy atom. The summed E-state index contributed by atoms with van der Waals surface area (Å²) in [6.07, 6.45) is 2.75. The number of carbonyl (C=O) groups is 1. The Labute approximate surface area is 62.5 Å². The van der Waals surface area contributed by atoms with Gasteiger partial charge in [-0.15, -0.1) is 0 Å². The van der Waals surface area contributed by atoms with Gasteiger partial charge in [0.05, 0.1) is 0 Å². The van der Waals surface area contributed by atoms with Crippen molar-refractivity contribution in [3.63, 3.8) is 0 Å². The first-order valence-electron chi connectivity index (χ1n) is 3.41. The predicted octanol–water partition coefficient (Wildman–Crippen LogP) is 1.29. The largest absolute Gasteiger partial charge is 0.383 e. The maximum atomic E-state index is 10.4. The standard InChI is InChI=1S/C8H15NO/c1-7(2)8(6-10)5-9(3)4/h5-7H,1-4H3/b8-5+. The summed E-state index contributed by atoms with van der Waals surface area (Å²) < 4.78 is 0. The molecular formula is C8H15NO. The van der Waals surface area contributed by atoms with Crippen LogP contribution < -0.4 is 0 Å². The van der Waals surface area contributed by atoms with Crippen LogP contribution in [-0.4, -0.2) is 25.3 Å². The number of rotatable bonds is 3. The summed E-state index contributed by atoms with van der Waals surface area (Å²) in [5.41, 5.74) is 0.838. The van der Waals surface area contributed by atoms with E-state index in [0.717, 1.165) is 11.9 Å². The second kappa shape index (κ2) is 4.09. The zero-order valence-corrected chi connectivity index (χ0v) is 7.09. The van der Waals surface area contributed by atoms with Crippen molar-refractivity contribution in [3.8, 4) is 0 Å². The first-order chi connectivity index (χ1) is 4.57. The number of nitrogens with zero attached hydrogens (tertiary/aromatic N) is 1. The number of hydrogen-bond acceptors (Lipinski definition) is 2. The van der Waals surface area contributed by atoms with Crippen molar-refractivity contribution in [2.45, 2.75) is 13.8 Å². The van der Waals surface area contributed by atoms with Crippen LogP contribution in [0.15, 0.2) is 11.8 Å². The molecular weight excluding hydrogens is 126 g/mol. The molecule has 2 heteroatoms. The van der Waals surface area contributed by atoms with Crippen LogP contribution in [0.1, 0.15) is 13.8 Å². The van der Waals surface area contributed by atoms with Gasteiger partial charge in [0.25, 0.3) is 0 Å². The van der Waals surface area contributed by atoms with E-state index in [1.165, 1.54) is 0 Å². The quantitative estimate of drug-likeness (QED) is 0.436. The fraction of sp³-hybridized carbons (Fsp3) is 0.625. The van der Waals surface area contributed by atoms with Gasteiger partial charge in [-0.25, -0.2) is 0 Å². The van der Waals surface area contributed by atoms with Crippen LogP contribution >= 0.6 is 0 Å². The van der Waals surface area contributed by atoms with Gasteiger partial charge in [-0.3, -0.25) is 4.79 Å². The molecule has 0 heterocycles. The molecule has 0 fully saturated rings. The van der Waals surface area contributed by atoms with Gasteiger partial charge in [0.1, 0.15) is 6.29 Å². The zero-order valence-electron chi connectivity index (χ0n) is 7.09. The van der Waals surface area contributed by atoms with Gasteiger partial charge in [0.15, 0.2) is 0 Å². The van der Waals surface area contributed by atoms with E-state index < -0.39 is 0 Å². The molecule has 0 aromatic carbocycles. The summed E-state index contributed by atoms with van der Waals surface area (Å²) in [4.78, 5) is 12.3. The number of carbonyl (C=O) groups excluding carboxylic acids is 1. The molecule has 0 atom stereocenters. The van der Waals surface area contributed by atoms with Crippen molar-refractivity contribution >= 4 is 6.29 Å². The molecule has 0 aromatic rings. The average Bonchev–Trinajstić information content (AvgIpc) is 1.81. The average molecular weight is 141 g/mol. The highest BCUT2D eigenvalue weighted by Gasteiger charge is 2.00. The molecule has 0 saturated heterocycles. The Morgan fingerprint density at radius 1 is 1.40 bits per heavy atom. The van der Waals surface area contributed by atoms with E-state index in [1.807, 2.05) is 39.0 Å². The Morgan fingerprint density at radius 3 is 2.00 bits per heavy atom. The highest BCUT2D eigenvalue weighted by atomic mass is 16.1. The molecule has 0 N–H and O–H groups in total. The molecule has 0 rings (SSSR count). The highest BCUT2D eigenvalue weighted by Crippen LogP contribution is 2.05. The molecule has 0 bridgehead atoms. The van der Waals surface area contributed by atoms with Gasteiger partial charge >= 0.3 is 0 Å². The lowest BCUT2D eigenvalue weighted by atomic mass is 10.1. The van der Waals surface area contributed by atoms with E-state index in [9.17, 15) is 4.79 Å². The summed E-state index contributed by atoms with van der Waals surface area (Å²) in [5, 5.41) is 0. The Hall–Kier alpha value is -0.790. The number of aldehydes is 1. The molecule has 0 aliphatic carbocycles. The van der Waals surface area contributed by atoms with Crippen molar-refractivity contribution in [1.29, 1.82) is 0 Å². The van der Waals surface area contributed by atoms with Crippen LogP contribution in [0.3, 0.4) is 0 Å². The summed E-state index contributed by atoms with van der Waals surface area (Å²) in [5.74, 6) is 0.319. The molecule has 0 aliphatic heterocycles. The van der Waals surface area contributed by atoms with E-state index in [1.54, 1.807) is 0 Å². The van der Waals surface area contributed by atoms with E-state index in [0.29, 0.717) is 5.92 Å². The van der Waals surface area contributed by atoms with Crippen molar-refractivity contribution < 1.29 is 4.79 Å². The first kappa shape index (κ1) is 9.21. The summed E-state index contributed by atoms with van der Waals surface area (Å²) in [6, 6.07) is 0. The summed E-state index contributed by atoms with van der Waals surface area (Å²) >= 11 is 0. The van der Waals surface area contributed by atoms with Gasteiger partial charge in [-0.05, 0) is 5.92 Å². The lowest BCUT2D eigenvalue weighted by Gasteiger charge is -2.09. The van der Waals surface area contributed by atoms with Crippen molar-refractivity contribution in [2.24, 2.45) is 5.92 Å². The third-order valence-corrected chi connectivity index (χ3v) is 1.21. The molecule has 0 saturated carbocycles. The number of hydrogen-bond donors (Lipinski definition) is 0. The molecule has 0 unspecified atom stereocenters. The number of allylic oxidation sites excluding steroid dienone is 1. The SMILES string of the molecule is CC(C)/C(C=O)=C/N(C)C. The third kappa shape index (κ3) is 3.28. The summed E-state index contributed by atoms with van der Waals surface area (Å²) in [7, 11) is 3.82. The van der Waals surface area contributed by atoms with Gasteiger partial charge in [0.2, 0.25) is 0 Å². The molecule has 0 radical (unpaired) electrons. The van der Waals surface area contributed by atoms with E-state index in [-0.39, 0.29) is 0 Å². The van der Waals surface area contributed by atoms with Gasteiger partial charge in [-0.2, -0.15) is 0 Å². The minimum Gasteiger partial charge on any atom is -0.383 e. The van der Waals surface area contributed by atoms with Crippen LogP contribution in [0.4, 0.5) is 0 Å². The van der Waals surface area contributed by atoms with Gasteiger partial charge in [-0.1, -0.05) is 13.8 Å². The van der Waals surface area contributed by atoms with E-state index >= 15 is 0 Å². The van der Waals surface area contributed by atoms with E-state index in [4.69, 9.17) is 0 Å². The predicted molar refractivity (Wildman–Crippen MR) is 42.7 cm³/mol. The lowest BCUT2D eigenvalue weighted by molar-refractivity contribution is -0.105. The van der Waals surface area contributed by atoms with Crippen LogP contribution in [0.2, 0.25) is 0 Å². The zero-order chi connectivity index (χ0) is 8.15. The van der Waals surface area contributed by atoms with Crippen LogP contribution in [0.5, 0.6) is 0 Å². The Bertz CT molecular complexity index is 136. The van der Waals surface area contributed by atoms with Gasteiger partial charge in [0, 0.05) is 25.9 Å². The second-order valence-electron chi connectivity index (χ2n) is 2.87. The first-order valence-corrected chi connectivity index (χ1v) is 3.41. The minimum atomic E-state index is 0.319. The van der Waals surface area contributed by atoms with Crippen molar-refractivity contribution in [1.82, 2.24) is 4.90 Å². The molecule has 0 amide bonds. The molecule has 58 valence electrons. The summed E-state index contributed by atoms with van der Waals surface area (Å²) in [6.45, 7) is 4.01.